The monoisotopic (exact) mass is 317 g/mol. The van der Waals surface area contributed by atoms with Gasteiger partial charge in [-0.05, 0) is 35.9 Å². The van der Waals surface area contributed by atoms with Crippen LogP contribution in [0, 0.1) is 0 Å². The number of rotatable bonds is 4. The molecule has 0 aliphatic carbocycles. The second kappa shape index (κ2) is 6.61. The fourth-order valence-corrected chi connectivity index (χ4v) is 1.81. The lowest BCUT2D eigenvalue weighted by Gasteiger charge is -2.08. The Morgan fingerprint density at radius 3 is 2.30 bits per heavy atom. The highest BCUT2D eigenvalue weighted by molar-refractivity contribution is 5.91. The third kappa shape index (κ3) is 3.85. The van der Waals surface area contributed by atoms with Crippen LogP contribution in [0.5, 0.6) is 28.7 Å². The van der Waals surface area contributed by atoms with Gasteiger partial charge in [0, 0.05) is 18.2 Å². The van der Waals surface area contributed by atoms with E-state index in [9.17, 15) is 30.3 Å². The number of nitrogens with one attached hydrogen (secondary N) is 1. The van der Waals surface area contributed by atoms with Crippen LogP contribution < -0.4 is 5.32 Å². The van der Waals surface area contributed by atoms with Crippen molar-refractivity contribution in [1.82, 2.24) is 5.32 Å². The van der Waals surface area contributed by atoms with E-state index in [4.69, 9.17) is 0 Å². The summed E-state index contributed by atoms with van der Waals surface area (Å²) in [4.78, 5) is 11.7. The van der Waals surface area contributed by atoms with Gasteiger partial charge in [-0.25, -0.2) is 0 Å². The van der Waals surface area contributed by atoms with Gasteiger partial charge in [0.2, 0.25) is 11.7 Å². The summed E-state index contributed by atoms with van der Waals surface area (Å²) >= 11 is 0. The normalized spacial score (nSPS) is 10.8. The zero-order valence-electron chi connectivity index (χ0n) is 11.9. The molecule has 120 valence electrons. The Morgan fingerprint density at radius 1 is 0.913 bits per heavy atom. The zero-order chi connectivity index (χ0) is 17.0. The summed E-state index contributed by atoms with van der Waals surface area (Å²) in [5, 5.41) is 49.2. The summed E-state index contributed by atoms with van der Waals surface area (Å²) < 4.78 is 0. The van der Waals surface area contributed by atoms with E-state index in [-0.39, 0.29) is 23.6 Å². The van der Waals surface area contributed by atoms with Crippen LogP contribution in [-0.4, -0.2) is 31.4 Å². The molecule has 2 aromatic carbocycles. The second-order valence-electron chi connectivity index (χ2n) is 4.74. The first kappa shape index (κ1) is 16.0. The summed E-state index contributed by atoms with van der Waals surface area (Å²) in [7, 11) is 0. The Labute approximate surface area is 131 Å². The predicted molar refractivity (Wildman–Crippen MR) is 82.1 cm³/mol. The number of carbonyl (C=O) groups excluding carboxylic acids is 1. The van der Waals surface area contributed by atoms with E-state index in [0.717, 1.165) is 0 Å². The van der Waals surface area contributed by atoms with Gasteiger partial charge in [-0.1, -0.05) is 6.07 Å². The van der Waals surface area contributed by atoms with Crippen molar-refractivity contribution in [2.24, 2.45) is 0 Å². The zero-order valence-corrected chi connectivity index (χ0v) is 11.9. The number of amides is 1. The van der Waals surface area contributed by atoms with Gasteiger partial charge in [-0.3, -0.25) is 4.79 Å². The van der Waals surface area contributed by atoms with E-state index in [1.165, 1.54) is 42.5 Å². The van der Waals surface area contributed by atoms with Crippen LogP contribution in [0.15, 0.2) is 36.4 Å². The number of hydrogen-bond donors (Lipinski definition) is 6. The highest BCUT2D eigenvalue weighted by Gasteiger charge is 2.11. The molecule has 0 atom stereocenters. The van der Waals surface area contributed by atoms with E-state index < -0.39 is 23.2 Å². The van der Waals surface area contributed by atoms with E-state index in [2.05, 4.69) is 5.32 Å². The number of hydrogen-bond acceptors (Lipinski definition) is 6. The molecule has 7 nitrogen and oxygen atoms in total. The minimum atomic E-state index is -0.646. The van der Waals surface area contributed by atoms with Gasteiger partial charge in [0.1, 0.15) is 0 Å². The quantitative estimate of drug-likeness (QED) is 0.375. The molecule has 0 spiro atoms. The lowest BCUT2D eigenvalue weighted by Crippen LogP contribution is -2.20. The highest BCUT2D eigenvalue weighted by Crippen LogP contribution is 2.36. The van der Waals surface area contributed by atoms with E-state index in [0.29, 0.717) is 5.56 Å². The number of phenolic OH excluding ortho intramolecular Hbond substituents is 5. The van der Waals surface area contributed by atoms with Crippen LogP contribution in [0.1, 0.15) is 11.1 Å². The lowest BCUT2D eigenvalue weighted by atomic mass is 10.1. The van der Waals surface area contributed by atoms with Crippen molar-refractivity contribution >= 4 is 12.0 Å². The third-order valence-electron chi connectivity index (χ3n) is 3.09. The van der Waals surface area contributed by atoms with Crippen molar-refractivity contribution in [3.05, 3.63) is 47.5 Å². The average Bonchev–Trinajstić information content (AvgIpc) is 2.53. The Hall–Kier alpha value is -3.35. The van der Waals surface area contributed by atoms with Gasteiger partial charge in [-0.2, -0.15) is 0 Å². The highest BCUT2D eigenvalue weighted by atomic mass is 16.3. The number of phenols is 5. The van der Waals surface area contributed by atoms with Crippen LogP contribution >= 0.6 is 0 Å². The summed E-state index contributed by atoms with van der Waals surface area (Å²) in [5.41, 5.74) is 0.755. The van der Waals surface area contributed by atoms with Gasteiger partial charge in [-0.15, -0.1) is 0 Å². The maximum absolute atomic E-state index is 11.7. The smallest absolute Gasteiger partial charge is 0.244 e. The van der Waals surface area contributed by atoms with Gasteiger partial charge in [0.25, 0.3) is 0 Å². The van der Waals surface area contributed by atoms with Crippen LogP contribution in [0.3, 0.4) is 0 Å². The standard InChI is InChI=1S/C16H15NO6/c18-11-4-1-9(7-13(11)20)2-6-14(21)17-8-10-3-5-12(19)16(23)15(10)22/h1-7,18-20,22-23H,8H2,(H,17,21). The molecular formula is C16H15NO6. The summed E-state index contributed by atoms with van der Waals surface area (Å²) in [6.45, 7) is -0.0519. The largest absolute Gasteiger partial charge is 0.504 e. The fraction of sp³-hybridized carbons (Fsp3) is 0.0625. The molecule has 0 saturated carbocycles. The molecule has 0 radical (unpaired) electrons. The van der Waals surface area contributed by atoms with Crippen molar-refractivity contribution in [3.8, 4) is 28.7 Å². The Balaban J connectivity index is 1.99. The van der Waals surface area contributed by atoms with Crippen molar-refractivity contribution in [2.75, 3.05) is 0 Å². The fourth-order valence-electron chi connectivity index (χ4n) is 1.81. The minimum Gasteiger partial charge on any atom is -0.504 e. The Kier molecular flexibility index (Phi) is 4.61. The van der Waals surface area contributed by atoms with Gasteiger partial charge < -0.3 is 30.8 Å². The molecule has 2 rings (SSSR count). The maximum atomic E-state index is 11.7. The molecule has 1 amide bonds. The first-order valence-corrected chi connectivity index (χ1v) is 6.59. The summed E-state index contributed by atoms with van der Waals surface area (Å²) in [6, 6.07) is 6.67. The molecule has 0 aliphatic rings. The lowest BCUT2D eigenvalue weighted by molar-refractivity contribution is -0.116. The van der Waals surface area contributed by atoms with E-state index in [1.54, 1.807) is 0 Å². The van der Waals surface area contributed by atoms with Gasteiger partial charge in [0.15, 0.2) is 23.0 Å². The maximum Gasteiger partial charge on any atom is 0.244 e. The van der Waals surface area contributed by atoms with Crippen LogP contribution in [0.25, 0.3) is 6.08 Å². The first-order chi connectivity index (χ1) is 10.9. The summed E-state index contributed by atoms with van der Waals surface area (Å²) in [6.07, 6.45) is 2.64. The topological polar surface area (TPSA) is 130 Å². The molecule has 0 fully saturated rings. The van der Waals surface area contributed by atoms with E-state index >= 15 is 0 Å². The Morgan fingerprint density at radius 2 is 1.61 bits per heavy atom. The van der Waals surface area contributed by atoms with Crippen molar-refractivity contribution < 1.29 is 30.3 Å². The molecule has 0 aromatic heterocycles. The number of carbonyl (C=O) groups is 1. The number of benzene rings is 2. The second-order valence-corrected chi connectivity index (χ2v) is 4.74. The summed E-state index contributed by atoms with van der Waals surface area (Å²) in [5.74, 6) is -2.62. The van der Waals surface area contributed by atoms with Crippen LogP contribution in [0.2, 0.25) is 0 Å². The molecule has 0 bridgehead atoms. The van der Waals surface area contributed by atoms with Crippen molar-refractivity contribution in [3.63, 3.8) is 0 Å². The minimum absolute atomic E-state index is 0.0519. The molecule has 2 aromatic rings. The Bertz CT molecular complexity index is 769. The molecule has 0 heterocycles. The average molecular weight is 317 g/mol. The van der Waals surface area contributed by atoms with Gasteiger partial charge in [0.05, 0.1) is 0 Å². The third-order valence-corrected chi connectivity index (χ3v) is 3.09. The molecule has 6 N–H and O–H groups in total. The molecule has 0 saturated heterocycles. The van der Waals surface area contributed by atoms with Crippen molar-refractivity contribution in [1.29, 1.82) is 0 Å². The van der Waals surface area contributed by atoms with Crippen LogP contribution in [-0.2, 0) is 11.3 Å². The predicted octanol–water partition coefficient (Wildman–Crippen LogP) is 1.54. The van der Waals surface area contributed by atoms with Crippen LogP contribution in [0.4, 0.5) is 0 Å². The molecule has 23 heavy (non-hydrogen) atoms. The van der Waals surface area contributed by atoms with Gasteiger partial charge >= 0.3 is 0 Å². The first-order valence-electron chi connectivity index (χ1n) is 6.59. The van der Waals surface area contributed by atoms with E-state index in [1.807, 2.05) is 0 Å². The molecule has 7 heteroatoms. The van der Waals surface area contributed by atoms with Crippen molar-refractivity contribution in [2.45, 2.75) is 6.54 Å². The molecule has 0 unspecified atom stereocenters. The molecule has 0 aliphatic heterocycles. The number of aromatic hydroxyl groups is 5. The SMILES string of the molecule is O=C(C=Cc1ccc(O)c(O)c1)NCc1ccc(O)c(O)c1O. The molecular weight excluding hydrogens is 302 g/mol.